The lowest BCUT2D eigenvalue weighted by molar-refractivity contribution is -0.122. The summed E-state index contributed by atoms with van der Waals surface area (Å²) in [7, 11) is 1.68. The third kappa shape index (κ3) is 7.34. The molecule has 0 spiro atoms. The van der Waals surface area contributed by atoms with E-state index in [1.165, 1.54) is 32.1 Å². The number of ether oxygens (including phenoxy) is 1. The minimum absolute atomic E-state index is 0.154. The Morgan fingerprint density at radius 1 is 1.18 bits per heavy atom. The Morgan fingerprint density at radius 2 is 1.82 bits per heavy atom. The van der Waals surface area contributed by atoms with Gasteiger partial charge in [0.05, 0.1) is 6.54 Å². The van der Waals surface area contributed by atoms with Gasteiger partial charge in [0.1, 0.15) is 0 Å². The van der Waals surface area contributed by atoms with Gasteiger partial charge >= 0.3 is 0 Å². The molecule has 1 aliphatic heterocycles. The van der Waals surface area contributed by atoms with E-state index < -0.39 is 0 Å². The summed E-state index contributed by atoms with van der Waals surface area (Å²) >= 11 is 0. The van der Waals surface area contributed by atoms with Gasteiger partial charge in [0, 0.05) is 20.3 Å². The third-order valence-electron chi connectivity index (χ3n) is 3.16. The molecule has 0 aromatic rings. The standard InChI is InChI=1S/C13H26N2O2/c1-17-11-7-8-14-13(16)12-15-9-5-3-2-4-6-10-15/h2-12H2,1H3,(H,14,16). The summed E-state index contributed by atoms with van der Waals surface area (Å²) in [4.78, 5) is 14.0. The van der Waals surface area contributed by atoms with Crippen LogP contribution in [0.2, 0.25) is 0 Å². The van der Waals surface area contributed by atoms with Crippen molar-refractivity contribution in [3.63, 3.8) is 0 Å². The summed E-state index contributed by atoms with van der Waals surface area (Å²) in [5.74, 6) is 0.154. The predicted molar refractivity (Wildman–Crippen MR) is 69.0 cm³/mol. The van der Waals surface area contributed by atoms with Gasteiger partial charge in [0.15, 0.2) is 0 Å². The van der Waals surface area contributed by atoms with Crippen LogP contribution in [0.15, 0.2) is 0 Å². The zero-order valence-electron chi connectivity index (χ0n) is 11.0. The number of methoxy groups -OCH3 is 1. The van der Waals surface area contributed by atoms with Gasteiger partial charge in [0.2, 0.25) is 5.91 Å². The van der Waals surface area contributed by atoms with E-state index in [1.54, 1.807) is 7.11 Å². The van der Waals surface area contributed by atoms with Gasteiger partial charge in [-0.15, -0.1) is 0 Å². The van der Waals surface area contributed by atoms with Gasteiger partial charge < -0.3 is 10.1 Å². The molecule has 0 saturated carbocycles. The van der Waals surface area contributed by atoms with Crippen LogP contribution in [0.5, 0.6) is 0 Å². The van der Waals surface area contributed by atoms with Crippen LogP contribution >= 0.6 is 0 Å². The second-order valence-electron chi connectivity index (χ2n) is 4.74. The largest absolute Gasteiger partial charge is 0.385 e. The molecule has 1 N–H and O–H groups in total. The molecular formula is C13H26N2O2. The van der Waals surface area contributed by atoms with E-state index in [0.29, 0.717) is 13.2 Å². The van der Waals surface area contributed by atoms with E-state index in [4.69, 9.17) is 4.74 Å². The third-order valence-corrected chi connectivity index (χ3v) is 3.16. The molecule has 4 nitrogen and oxygen atoms in total. The van der Waals surface area contributed by atoms with E-state index in [9.17, 15) is 4.79 Å². The monoisotopic (exact) mass is 242 g/mol. The lowest BCUT2D eigenvalue weighted by Crippen LogP contribution is -2.39. The van der Waals surface area contributed by atoms with E-state index in [2.05, 4.69) is 10.2 Å². The molecule has 1 saturated heterocycles. The molecule has 0 bridgehead atoms. The van der Waals surface area contributed by atoms with Crippen molar-refractivity contribution in [1.29, 1.82) is 0 Å². The fraction of sp³-hybridized carbons (Fsp3) is 0.923. The smallest absolute Gasteiger partial charge is 0.234 e. The highest BCUT2D eigenvalue weighted by Crippen LogP contribution is 2.09. The summed E-state index contributed by atoms with van der Waals surface area (Å²) in [5, 5.41) is 2.94. The lowest BCUT2D eigenvalue weighted by Gasteiger charge is -2.23. The summed E-state index contributed by atoms with van der Waals surface area (Å²) in [5.41, 5.74) is 0. The molecule has 0 unspecified atom stereocenters. The zero-order chi connectivity index (χ0) is 12.3. The molecule has 1 rings (SSSR count). The minimum atomic E-state index is 0.154. The molecule has 4 heteroatoms. The number of nitrogens with zero attached hydrogens (tertiary/aromatic N) is 1. The summed E-state index contributed by atoms with van der Waals surface area (Å²) in [6.07, 6.45) is 7.34. The Bertz CT molecular complexity index is 202. The summed E-state index contributed by atoms with van der Waals surface area (Å²) in [6.45, 7) is 4.15. The number of nitrogens with one attached hydrogen (secondary N) is 1. The van der Waals surface area contributed by atoms with Crippen LogP contribution in [-0.2, 0) is 9.53 Å². The highest BCUT2D eigenvalue weighted by atomic mass is 16.5. The van der Waals surface area contributed by atoms with Gasteiger partial charge in [-0.2, -0.15) is 0 Å². The molecule has 0 aliphatic carbocycles. The normalized spacial score (nSPS) is 18.4. The van der Waals surface area contributed by atoms with Gasteiger partial charge in [-0.1, -0.05) is 19.3 Å². The Hall–Kier alpha value is -0.610. The number of likely N-dealkylation sites (tertiary alicyclic amines) is 1. The molecule has 1 aliphatic rings. The molecule has 1 amide bonds. The van der Waals surface area contributed by atoms with E-state index in [1.807, 2.05) is 0 Å². The number of rotatable bonds is 6. The zero-order valence-corrected chi connectivity index (χ0v) is 11.0. The SMILES string of the molecule is COCCCNC(=O)CN1CCCCCCC1. The van der Waals surface area contributed by atoms with Crippen molar-refractivity contribution in [2.75, 3.05) is 39.9 Å². The second kappa shape index (κ2) is 9.42. The average molecular weight is 242 g/mol. The lowest BCUT2D eigenvalue weighted by atomic mass is 10.1. The van der Waals surface area contributed by atoms with Crippen molar-refractivity contribution in [2.45, 2.75) is 38.5 Å². The molecule has 17 heavy (non-hydrogen) atoms. The number of hydrogen-bond acceptors (Lipinski definition) is 3. The van der Waals surface area contributed by atoms with Gasteiger partial charge in [-0.3, -0.25) is 9.69 Å². The quantitative estimate of drug-likeness (QED) is 0.716. The van der Waals surface area contributed by atoms with Crippen molar-refractivity contribution in [3.8, 4) is 0 Å². The predicted octanol–water partition coefficient (Wildman–Crippen LogP) is 1.41. The van der Waals surface area contributed by atoms with Crippen molar-refractivity contribution >= 4 is 5.91 Å². The Kier molecular flexibility index (Phi) is 8.01. The van der Waals surface area contributed by atoms with Crippen molar-refractivity contribution in [2.24, 2.45) is 0 Å². The van der Waals surface area contributed by atoms with Crippen molar-refractivity contribution in [3.05, 3.63) is 0 Å². The van der Waals surface area contributed by atoms with Gasteiger partial charge in [-0.25, -0.2) is 0 Å². The molecule has 100 valence electrons. The van der Waals surface area contributed by atoms with Crippen LogP contribution in [0.4, 0.5) is 0 Å². The highest BCUT2D eigenvalue weighted by Gasteiger charge is 2.11. The first-order valence-corrected chi connectivity index (χ1v) is 6.81. The number of carbonyl (C=O) groups is 1. The van der Waals surface area contributed by atoms with E-state index in [0.717, 1.165) is 26.1 Å². The Morgan fingerprint density at radius 3 is 2.47 bits per heavy atom. The molecule has 0 aromatic carbocycles. The fourth-order valence-electron chi connectivity index (χ4n) is 2.17. The first kappa shape index (κ1) is 14.5. The number of carbonyl (C=O) groups excluding carboxylic acids is 1. The highest BCUT2D eigenvalue weighted by molar-refractivity contribution is 5.77. The molecule has 0 aromatic heterocycles. The topological polar surface area (TPSA) is 41.6 Å². The molecule has 1 heterocycles. The first-order valence-electron chi connectivity index (χ1n) is 6.81. The molecule has 1 fully saturated rings. The maximum absolute atomic E-state index is 11.7. The van der Waals surface area contributed by atoms with Crippen LogP contribution in [0.25, 0.3) is 0 Å². The van der Waals surface area contributed by atoms with Gasteiger partial charge in [-0.05, 0) is 32.4 Å². The second-order valence-corrected chi connectivity index (χ2v) is 4.74. The Labute approximate surface area is 105 Å². The van der Waals surface area contributed by atoms with Crippen LogP contribution in [-0.4, -0.2) is 50.7 Å². The van der Waals surface area contributed by atoms with Crippen LogP contribution in [0.3, 0.4) is 0 Å². The van der Waals surface area contributed by atoms with Crippen molar-refractivity contribution < 1.29 is 9.53 Å². The van der Waals surface area contributed by atoms with Crippen LogP contribution in [0.1, 0.15) is 38.5 Å². The molecule has 0 atom stereocenters. The van der Waals surface area contributed by atoms with Crippen LogP contribution < -0.4 is 5.32 Å². The minimum Gasteiger partial charge on any atom is -0.385 e. The summed E-state index contributed by atoms with van der Waals surface area (Å²) in [6, 6.07) is 0. The summed E-state index contributed by atoms with van der Waals surface area (Å²) < 4.78 is 4.94. The maximum Gasteiger partial charge on any atom is 0.234 e. The van der Waals surface area contributed by atoms with Crippen LogP contribution in [0, 0.1) is 0 Å². The molecular weight excluding hydrogens is 216 g/mol. The van der Waals surface area contributed by atoms with Gasteiger partial charge in [0.25, 0.3) is 0 Å². The fourth-order valence-corrected chi connectivity index (χ4v) is 2.17. The number of amides is 1. The molecule has 0 radical (unpaired) electrons. The average Bonchev–Trinajstić information content (AvgIpc) is 2.28. The van der Waals surface area contributed by atoms with E-state index >= 15 is 0 Å². The van der Waals surface area contributed by atoms with Crippen molar-refractivity contribution in [1.82, 2.24) is 10.2 Å². The first-order chi connectivity index (χ1) is 8.33. The maximum atomic E-state index is 11.7. The number of hydrogen-bond donors (Lipinski definition) is 1. The van der Waals surface area contributed by atoms with E-state index in [-0.39, 0.29) is 5.91 Å². The Balaban J connectivity index is 2.10.